The van der Waals surface area contributed by atoms with E-state index < -0.39 is 60.1 Å². The van der Waals surface area contributed by atoms with Crippen LogP contribution in [-0.2, 0) is 19.2 Å². The van der Waals surface area contributed by atoms with Crippen LogP contribution in [0.4, 0.5) is 4.79 Å². The van der Waals surface area contributed by atoms with Crippen molar-refractivity contribution in [2.75, 3.05) is 19.6 Å². The van der Waals surface area contributed by atoms with Crippen molar-refractivity contribution < 1.29 is 39.3 Å². The molecule has 0 bridgehead atoms. The van der Waals surface area contributed by atoms with Crippen molar-refractivity contribution in [2.24, 2.45) is 11.7 Å². The molecule has 7 N–H and O–H groups in total. The number of aliphatic hydroxyl groups is 2. The van der Waals surface area contributed by atoms with Gasteiger partial charge in [0.1, 0.15) is 6.04 Å². The summed E-state index contributed by atoms with van der Waals surface area (Å²) in [7, 11) is 0. The Labute approximate surface area is 184 Å². The van der Waals surface area contributed by atoms with Crippen molar-refractivity contribution in [1.82, 2.24) is 20.4 Å². The van der Waals surface area contributed by atoms with E-state index >= 15 is 0 Å². The van der Waals surface area contributed by atoms with E-state index in [1.165, 1.54) is 23.6 Å². The molecule has 2 saturated heterocycles. The third-order valence-electron chi connectivity index (χ3n) is 5.90. The average molecular weight is 457 g/mol. The number of carbonyl (C=O) groups is 5. The van der Waals surface area contributed by atoms with E-state index in [9.17, 15) is 34.2 Å². The summed E-state index contributed by atoms with van der Waals surface area (Å²) in [5.41, 5.74) is 5.02. The van der Waals surface area contributed by atoms with Crippen LogP contribution >= 0.6 is 0 Å². The molecule has 5 amide bonds. The molecular weight excluding hydrogens is 426 g/mol. The Morgan fingerprint density at radius 2 is 1.59 bits per heavy atom. The lowest BCUT2D eigenvalue weighted by atomic mass is 10.1. The maximum absolute atomic E-state index is 13.0. The van der Waals surface area contributed by atoms with Crippen molar-refractivity contribution in [3.05, 3.63) is 0 Å². The van der Waals surface area contributed by atoms with Gasteiger partial charge in [0.25, 0.3) is 5.91 Å². The highest BCUT2D eigenvalue weighted by Gasteiger charge is 2.42. The number of carbonyl (C=O) groups excluding carboxylic acids is 4. The summed E-state index contributed by atoms with van der Waals surface area (Å²) in [4.78, 5) is 62.6. The highest BCUT2D eigenvalue weighted by atomic mass is 16.4. The Hall–Kier alpha value is -2.93. The average Bonchev–Trinajstić information content (AvgIpc) is 3.40. The minimum atomic E-state index is -1.63. The Morgan fingerprint density at radius 3 is 2.19 bits per heavy atom. The van der Waals surface area contributed by atoms with Gasteiger partial charge >= 0.3 is 6.09 Å². The Kier molecular flexibility index (Phi) is 8.38. The monoisotopic (exact) mass is 457 g/mol. The van der Waals surface area contributed by atoms with E-state index in [0.717, 1.165) is 0 Å². The van der Waals surface area contributed by atoms with E-state index in [1.807, 2.05) is 5.32 Å². The Bertz CT molecular complexity index is 762. The smallest absolute Gasteiger partial charge is 0.404 e. The molecule has 2 fully saturated rings. The quantitative estimate of drug-likeness (QED) is 0.224. The predicted octanol–water partition coefficient (Wildman–Crippen LogP) is -2.81. The molecular formula is C19H31N5O8. The van der Waals surface area contributed by atoms with E-state index in [2.05, 4.69) is 5.32 Å². The van der Waals surface area contributed by atoms with Crippen molar-refractivity contribution in [3.63, 3.8) is 0 Å². The largest absolute Gasteiger partial charge is 0.465 e. The first-order valence-corrected chi connectivity index (χ1v) is 10.5. The number of primary amides is 1. The molecule has 2 rings (SSSR count). The summed E-state index contributed by atoms with van der Waals surface area (Å²) in [5, 5.41) is 33.1. The first kappa shape index (κ1) is 25.3. The fourth-order valence-electron chi connectivity index (χ4n) is 4.00. The maximum atomic E-state index is 13.0. The minimum absolute atomic E-state index is 0.113. The van der Waals surface area contributed by atoms with E-state index in [4.69, 9.17) is 10.8 Å². The number of amides is 5. The second-order valence-electron chi connectivity index (χ2n) is 8.29. The molecule has 0 spiro atoms. The summed E-state index contributed by atoms with van der Waals surface area (Å²) in [6.07, 6.45) is -3.21. The van der Waals surface area contributed by atoms with E-state index in [-0.39, 0.29) is 19.0 Å². The van der Waals surface area contributed by atoms with Crippen LogP contribution in [0.1, 0.15) is 33.1 Å². The second kappa shape index (κ2) is 10.6. The van der Waals surface area contributed by atoms with Crippen LogP contribution < -0.4 is 16.4 Å². The number of hydrogen-bond acceptors (Lipinski definition) is 7. The van der Waals surface area contributed by atoms with Gasteiger partial charge in [-0.15, -0.1) is 0 Å². The molecule has 0 aliphatic carbocycles. The van der Waals surface area contributed by atoms with Crippen LogP contribution in [0.5, 0.6) is 0 Å². The van der Waals surface area contributed by atoms with Crippen LogP contribution in [0, 0.1) is 5.92 Å². The van der Waals surface area contributed by atoms with Gasteiger partial charge in [-0.3, -0.25) is 19.2 Å². The van der Waals surface area contributed by atoms with Gasteiger partial charge in [0.15, 0.2) is 12.2 Å². The summed E-state index contributed by atoms with van der Waals surface area (Å²) in [5.74, 6) is -3.00. The van der Waals surface area contributed by atoms with Gasteiger partial charge in [-0.25, -0.2) is 4.79 Å². The number of nitrogens with one attached hydrogen (secondary N) is 2. The van der Waals surface area contributed by atoms with Gasteiger partial charge < -0.3 is 41.5 Å². The summed E-state index contributed by atoms with van der Waals surface area (Å²) < 4.78 is 0. The van der Waals surface area contributed by atoms with Crippen molar-refractivity contribution in [1.29, 1.82) is 0 Å². The minimum Gasteiger partial charge on any atom is -0.465 e. The lowest BCUT2D eigenvalue weighted by molar-refractivity contribution is -0.149. The molecule has 6 atom stereocenters. The second-order valence-corrected chi connectivity index (χ2v) is 8.29. The van der Waals surface area contributed by atoms with Gasteiger partial charge in [-0.05, 0) is 33.1 Å². The maximum Gasteiger partial charge on any atom is 0.404 e. The number of aliphatic hydroxyl groups excluding tert-OH is 2. The molecule has 32 heavy (non-hydrogen) atoms. The van der Waals surface area contributed by atoms with Gasteiger partial charge in [0, 0.05) is 19.6 Å². The summed E-state index contributed by atoms with van der Waals surface area (Å²) in [6, 6.07) is -2.73. The molecule has 13 nitrogen and oxygen atoms in total. The lowest BCUT2D eigenvalue weighted by Gasteiger charge is -2.30. The van der Waals surface area contributed by atoms with Crippen LogP contribution in [0.25, 0.3) is 0 Å². The molecule has 2 aliphatic heterocycles. The number of carboxylic acid groups (broad SMARTS) is 1. The third kappa shape index (κ3) is 5.85. The number of nitrogens with two attached hydrogens (primary N) is 1. The normalized spacial score (nSPS) is 24.4. The molecule has 0 radical (unpaired) electrons. The fraction of sp³-hybridized carbons (Fsp3) is 0.737. The third-order valence-corrected chi connectivity index (χ3v) is 5.90. The van der Waals surface area contributed by atoms with E-state index in [1.54, 1.807) is 0 Å². The Morgan fingerprint density at radius 1 is 0.969 bits per heavy atom. The highest BCUT2D eigenvalue weighted by molar-refractivity contribution is 5.91. The molecule has 2 heterocycles. The number of likely N-dealkylation sites (tertiary alicyclic amines) is 2. The van der Waals surface area contributed by atoms with Crippen LogP contribution in [0.15, 0.2) is 0 Å². The standard InChI is InChI=1S/C19H31N5O8/c1-9(13(25)15(20)27)21-16(28)11-5-7-23(8-11)17(29)12-4-3-6-24(12)18(30)14(26)10(2)22-19(31)32/h9-14,22,25-26H,3-8H2,1-2H3,(H2,20,27)(H,21,28)(H,31,32)/t9-,10-,11-,12+,13+,14+/m0/s1. The first-order chi connectivity index (χ1) is 14.9. The van der Waals surface area contributed by atoms with Gasteiger partial charge in [-0.2, -0.15) is 0 Å². The summed E-state index contributed by atoms with van der Waals surface area (Å²) in [6.45, 7) is 3.46. The zero-order valence-electron chi connectivity index (χ0n) is 18.1. The van der Waals surface area contributed by atoms with Crippen molar-refractivity contribution in [3.8, 4) is 0 Å². The van der Waals surface area contributed by atoms with Gasteiger partial charge in [0.2, 0.25) is 17.7 Å². The molecule has 0 aromatic carbocycles. The molecule has 0 saturated carbocycles. The molecule has 0 aromatic rings. The first-order valence-electron chi connectivity index (χ1n) is 10.5. The molecule has 0 unspecified atom stereocenters. The molecule has 0 aromatic heterocycles. The molecule has 2 aliphatic rings. The fourth-order valence-corrected chi connectivity index (χ4v) is 4.00. The SMILES string of the molecule is C[C@H](NC(=O)[C@H]1CCN(C(=O)[C@H]2CCCN2C(=O)[C@H](O)[C@H](C)NC(=O)O)C1)[C@@H](O)C(N)=O. The highest BCUT2D eigenvalue weighted by Crippen LogP contribution is 2.25. The number of rotatable bonds is 8. The predicted molar refractivity (Wildman–Crippen MR) is 109 cm³/mol. The zero-order valence-corrected chi connectivity index (χ0v) is 18.1. The van der Waals surface area contributed by atoms with Crippen molar-refractivity contribution in [2.45, 2.75) is 63.4 Å². The molecule has 13 heteroatoms. The lowest BCUT2D eigenvalue weighted by Crippen LogP contribution is -2.54. The zero-order chi connectivity index (χ0) is 24.2. The summed E-state index contributed by atoms with van der Waals surface area (Å²) >= 11 is 0. The topological polar surface area (TPSA) is 203 Å². The number of hydrogen-bond donors (Lipinski definition) is 6. The van der Waals surface area contributed by atoms with Crippen molar-refractivity contribution >= 4 is 29.7 Å². The Balaban J connectivity index is 1.96. The van der Waals surface area contributed by atoms with Gasteiger partial charge in [0.05, 0.1) is 18.0 Å². The van der Waals surface area contributed by atoms with Crippen LogP contribution in [0.2, 0.25) is 0 Å². The van der Waals surface area contributed by atoms with Crippen LogP contribution in [0.3, 0.4) is 0 Å². The van der Waals surface area contributed by atoms with E-state index in [0.29, 0.717) is 25.8 Å². The van der Waals surface area contributed by atoms with Crippen LogP contribution in [-0.4, -0.2) is 105 Å². The molecule has 180 valence electrons. The van der Waals surface area contributed by atoms with Gasteiger partial charge in [-0.1, -0.05) is 0 Å². The number of nitrogens with zero attached hydrogens (tertiary/aromatic N) is 2.